The Morgan fingerprint density at radius 2 is 1.79 bits per heavy atom. The summed E-state index contributed by atoms with van der Waals surface area (Å²) < 4.78 is 5.32. The molecule has 0 radical (unpaired) electrons. The number of unbranched alkanes of at least 4 members (excludes halogenated alkanes) is 4. The highest BCUT2D eigenvalue weighted by Crippen LogP contribution is 2.15. The number of aliphatic hydroxyl groups excluding tert-OH is 1. The summed E-state index contributed by atoms with van der Waals surface area (Å²) >= 11 is 0. The second-order valence-corrected chi connectivity index (χ2v) is 4.60. The molecule has 2 N–H and O–H groups in total. The van der Waals surface area contributed by atoms with Gasteiger partial charge in [-0.1, -0.05) is 32.6 Å². The zero-order chi connectivity index (χ0) is 14.1. The number of aliphatic hydroxyl groups is 1. The molecule has 1 aromatic carbocycles. The fourth-order valence-corrected chi connectivity index (χ4v) is 1.81. The third-order valence-electron chi connectivity index (χ3n) is 2.93. The van der Waals surface area contributed by atoms with E-state index in [1.165, 1.54) is 31.4 Å². The van der Waals surface area contributed by atoms with Crippen LogP contribution in [0.25, 0.3) is 0 Å². The average molecular weight is 266 g/mol. The van der Waals surface area contributed by atoms with Gasteiger partial charge in [0.25, 0.3) is 0 Å². The Balaban J connectivity index is 2.27. The van der Waals surface area contributed by atoms with E-state index in [-0.39, 0.29) is 5.56 Å². The standard InChI is InChI=1S/C15H22O4/c1-2-3-4-5-6-7-14(16)19-13-10-8-12(9-11-13)15(17)18/h8-11,14,16H,2-7H2,1H3,(H,17,18). The summed E-state index contributed by atoms with van der Waals surface area (Å²) in [6.07, 6.45) is 5.45. The molecule has 1 rings (SSSR count). The average Bonchev–Trinajstić information content (AvgIpc) is 2.39. The highest BCUT2D eigenvalue weighted by molar-refractivity contribution is 5.87. The largest absolute Gasteiger partial charge is 0.478 e. The summed E-state index contributed by atoms with van der Waals surface area (Å²) in [5.41, 5.74) is 0.210. The number of hydrogen-bond donors (Lipinski definition) is 2. The van der Waals surface area contributed by atoms with Gasteiger partial charge in [0.2, 0.25) is 0 Å². The van der Waals surface area contributed by atoms with Crippen LogP contribution in [0.3, 0.4) is 0 Å². The van der Waals surface area contributed by atoms with E-state index in [1.807, 2.05) is 0 Å². The summed E-state index contributed by atoms with van der Waals surface area (Å²) in [5, 5.41) is 18.5. The van der Waals surface area contributed by atoms with E-state index >= 15 is 0 Å². The van der Waals surface area contributed by atoms with E-state index in [1.54, 1.807) is 12.1 Å². The van der Waals surface area contributed by atoms with Gasteiger partial charge in [-0.05, 0) is 30.7 Å². The van der Waals surface area contributed by atoms with E-state index in [0.717, 1.165) is 12.8 Å². The van der Waals surface area contributed by atoms with Crippen LogP contribution in [0, 0.1) is 0 Å². The first kappa shape index (κ1) is 15.5. The number of aromatic carboxylic acids is 1. The fraction of sp³-hybridized carbons (Fsp3) is 0.533. The van der Waals surface area contributed by atoms with Crippen molar-refractivity contribution in [3.05, 3.63) is 29.8 Å². The van der Waals surface area contributed by atoms with E-state index in [4.69, 9.17) is 9.84 Å². The molecule has 0 saturated carbocycles. The normalized spacial score (nSPS) is 12.1. The lowest BCUT2D eigenvalue weighted by atomic mass is 10.1. The van der Waals surface area contributed by atoms with Gasteiger partial charge in [0.05, 0.1) is 5.56 Å². The van der Waals surface area contributed by atoms with Gasteiger partial charge in [0, 0.05) is 6.42 Å². The van der Waals surface area contributed by atoms with Gasteiger partial charge in [0.1, 0.15) is 5.75 Å². The smallest absolute Gasteiger partial charge is 0.335 e. The lowest BCUT2D eigenvalue weighted by molar-refractivity contribution is -0.0246. The lowest BCUT2D eigenvalue weighted by Crippen LogP contribution is -2.15. The Hall–Kier alpha value is -1.55. The number of carboxylic acid groups (broad SMARTS) is 1. The van der Waals surface area contributed by atoms with E-state index in [9.17, 15) is 9.90 Å². The summed E-state index contributed by atoms with van der Waals surface area (Å²) in [4.78, 5) is 10.7. The van der Waals surface area contributed by atoms with Crippen LogP contribution >= 0.6 is 0 Å². The molecule has 0 aliphatic rings. The van der Waals surface area contributed by atoms with Crippen LogP contribution in [0.1, 0.15) is 55.8 Å². The third-order valence-corrected chi connectivity index (χ3v) is 2.93. The second kappa shape index (κ2) is 8.53. The number of ether oxygens (including phenoxy) is 1. The Labute approximate surface area is 114 Å². The molecule has 19 heavy (non-hydrogen) atoms. The minimum atomic E-state index is -0.969. The van der Waals surface area contributed by atoms with Gasteiger partial charge in [-0.25, -0.2) is 4.79 Å². The molecule has 1 unspecified atom stereocenters. The maximum atomic E-state index is 10.7. The van der Waals surface area contributed by atoms with Crippen molar-refractivity contribution in [2.45, 2.75) is 51.7 Å². The summed E-state index contributed by atoms with van der Waals surface area (Å²) in [5.74, 6) is -0.478. The molecular formula is C15H22O4. The van der Waals surface area contributed by atoms with Crippen molar-refractivity contribution in [1.82, 2.24) is 0 Å². The van der Waals surface area contributed by atoms with Crippen LogP contribution in [0.2, 0.25) is 0 Å². The second-order valence-electron chi connectivity index (χ2n) is 4.60. The molecule has 1 atom stereocenters. The van der Waals surface area contributed by atoms with Crippen LogP contribution in [0.5, 0.6) is 5.75 Å². The minimum absolute atomic E-state index is 0.210. The molecule has 0 fully saturated rings. The first-order valence-corrected chi connectivity index (χ1v) is 6.81. The topological polar surface area (TPSA) is 66.8 Å². The minimum Gasteiger partial charge on any atom is -0.478 e. The van der Waals surface area contributed by atoms with Crippen molar-refractivity contribution in [3.8, 4) is 5.75 Å². The summed E-state index contributed by atoms with van der Waals surface area (Å²) in [7, 11) is 0. The molecule has 0 aliphatic heterocycles. The number of rotatable bonds is 9. The Morgan fingerprint density at radius 3 is 2.37 bits per heavy atom. The van der Waals surface area contributed by atoms with Crippen LogP contribution in [-0.2, 0) is 0 Å². The van der Waals surface area contributed by atoms with Gasteiger partial charge in [0.15, 0.2) is 6.29 Å². The van der Waals surface area contributed by atoms with Gasteiger partial charge >= 0.3 is 5.97 Å². The van der Waals surface area contributed by atoms with Crippen molar-refractivity contribution >= 4 is 5.97 Å². The molecule has 106 valence electrons. The molecule has 0 spiro atoms. The quantitative estimate of drug-likeness (QED) is 0.530. The van der Waals surface area contributed by atoms with Gasteiger partial charge in [-0.3, -0.25) is 0 Å². The van der Waals surface area contributed by atoms with Gasteiger partial charge in [-0.15, -0.1) is 0 Å². The predicted molar refractivity (Wildman–Crippen MR) is 73.4 cm³/mol. The van der Waals surface area contributed by atoms with Crippen LogP contribution in [-0.4, -0.2) is 22.5 Å². The van der Waals surface area contributed by atoms with Crippen LogP contribution in [0.4, 0.5) is 0 Å². The van der Waals surface area contributed by atoms with E-state index in [2.05, 4.69) is 6.92 Å². The first-order valence-electron chi connectivity index (χ1n) is 6.81. The number of benzene rings is 1. The van der Waals surface area contributed by atoms with Crippen molar-refractivity contribution in [3.63, 3.8) is 0 Å². The summed E-state index contributed by atoms with van der Waals surface area (Å²) in [6.45, 7) is 2.17. The maximum absolute atomic E-state index is 10.7. The number of hydrogen-bond acceptors (Lipinski definition) is 3. The van der Waals surface area contributed by atoms with Crippen molar-refractivity contribution in [1.29, 1.82) is 0 Å². The van der Waals surface area contributed by atoms with Crippen molar-refractivity contribution < 1.29 is 19.7 Å². The molecule has 0 aliphatic carbocycles. The molecule has 4 nitrogen and oxygen atoms in total. The van der Waals surface area contributed by atoms with Gasteiger partial charge in [-0.2, -0.15) is 0 Å². The molecule has 1 aromatic rings. The monoisotopic (exact) mass is 266 g/mol. The highest BCUT2D eigenvalue weighted by atomic mass is 16.6. The first-order chi connectivity index (χ1) is 9.13. The SMILES string of the molecule is CCCCCCCC(O)Oc1ccc(C(=O)O)cc1. The number of carbonyl (C=O) groups is 1. The van der Waals surface area contributed by atoms with E-state index < -0.39 is 12.3 Å². The molecule has 0 saturated heterocycles. The third kappa shape index (κ3) is 6.25. The molecule has 4 heteroatoms. The maximum Gasteiger partial charge on any atom is 0.335 e. The van der Waals surface area contributed by atoms with Crippen LogP contribution < -0.4 is 4.74 Å². The number of carboxylic acids is 1. The lowest BCUT2D eigenvalue weighted by Gasteiger charge is -2.13. The Kier molecular flexibility index (Phi) is 6.97. The molecule has 0 heterocycles. The van der Waals surface area contributed by atoms with E-state index in [0.29, 0.717) is 12.2 Å². The zero-order valence-corrected chi connectivity index (χ0v) is 11.3. The zero-order valence-electron chi connectivity index (χ0n) is 11.3. The van der Waals surface area contributed by atoms with Crippen molar-refractivity contribution in [2.24, 2.45) is 0 Å². The Morgan fingerprint density at radius 1 is 1.16 bits per heavy atom. The molecule has 0 aromatic heterocycles. The van der Waals surface area contributed by atoms with Crippen LogP contribution in [0.15, 0.2) is 24.3 Å². The molecule has 0 bridgehead atoms. The van der Waals surface area contributed by atoms with Gasteiger partial charge < -0.3 is 14.9 Å². The van der Waals surface area contributed by atoms with Crippen molar-refractivity contribution in [2.75, 3.05) is 0 Å². The summed E-state index contributed by atoms with van der Waals surface area (Å²) in [6, 6.07) is 6.05. The predicted octanol–water partition coefficient (Wildman–Crippen LogP) is 3.44. The molecular weight excluding hydrogens is 244 g/mol. The highest BCUT2D eigenvalue weighted by Gasteiger charge is 2.07. The molecule has 0 amide bonds. The Bertz CT molecular complexity index is 372. The fourth-order valence-electron chi connectivity index (χ4n) is 1.81.